The fourth-order valence-electron chi connectivity index (χ4n) is 1.99. The van der Waals surface area contributed by atoms with E-state index in [9.17, 15) is 9.59 Å². The molecule has 0 aliphatic heterocycles. The first-order chi connectivity index (χ1) is 7.60. The van der Waals surface area contributed by atoms with Crippen molar-refractivity contribution in [2.45, 2.75) is 65.7 Å². The topological polar surface area (TPSA) is 34.1 Å². The van der Waals surface area contributed by atoms with Gasteiger partial charge in [0.1, 0.15) is 12.1 Å². The van der Waals surface area contributed by atoms with E-state index in [4.69, 9.17) is 0 Å². The van der Waals surface area contributed by atoms with Gasteiger partial charge >= 0.3 is 0 Å². The number of hydrogen-bond donors (Lipinski definition) is 0. The van der Waals surface area contributed by atoms with E-state index >= 15 is 0 Å². The van der Waals surface area contributed by atoms with E-state index in [2.05, 4.69) is 20.8 Å². The molecule has 0 aromatic heterocycles. The summed E-state index contributed by atoms with van der Waals surface area (Å²) in [6.07, 6.45) is 7.16. The van der Waals surface area contributed by atoms with Crippen molar-refractivity contribution in [1.82, 2.24) is 0 Å². The van der Waals surface area contributed by atoms with Crippen LogP contribution < -0.4 is 0 Å². The van der Waals surface area contributed by atoms with E-state index in [0.29, 0.717) is 30.5 Å². The smallest absolute Gasteiger partial charge is 0.133 e. The molecule has 0 fully saturated rings. The third kappa shape index (κ3) is 8.63. The van der Waals surface area contributed by atoms with Crippen LogP contribution in [0.1, 0.15) is 65.7 Å². The van der Waals surface area contributed by atoms with Gasteiger partial charge in [-0.05, 0) is 24.7 Å². The molecule has 2 atom stereocenters. The van der Waals surface area contributed by atoms with Crippen molar-refractivity contribution in [3.63, 3.8) is 0 Å². The van der Waals surface area contributed by atoms with Crippen molar-refractivity contribution >= 4 is 12.1 Å². The highest BCUT2D eigenvalue weighted by atomic mass is 16.1. The van der Waals surface area contributed by atoms with Crippen LogP contribution >= 0.6 is 0 Å². The van der Waals surface area contributed by atoms with Crippen molar-refractivity contribution in [2.24, 2.45) is 11.8 Å². The summed E-state index contributed by atoms with van der Waals surface area (Å²) in [5.74, 6) is 1.41. The van der Waals surface area contributed by atoms with Crippen LogP contribution in [0.5, 0.6) is 0 Å². The molecule has 2 nitrogen and oxygen atoms in total. The van der Waals surface area contributed by atoms with Crippen LogP contribution in [0.4, 0.5) is 0 Å². The summed E-state index contributed by atoms with van der Waals surface area (Å²) in [6, 6.07) is 0. The Hall–Kier alpha value is -0.660. The normalized spacial score (nSPS) is 14.4. The maximum Gasteiger partial charge on any atom is 0.133 e. The molecular formula is C14H26O2. The zero-order valence-corrected chi connectivity index (χ0v) is 11.0. The van der Waals surface area contributed by atoms with Crippen molar-refractivity contribution in [3.05, 3.63) is 0 Å². The molecule has 94 valence electrons. The van der Waals surface area contributed by atoms with Gasteiger partial charge < -0.3 is 4.79 Å². The summed E-state index contributed by atoms with van der Waals surface area (Å²) in [4.78, 5) is 21.8. The van der Waals surface area contributed by atoms with E-state index in [-0.39, 0.29) is 0 Å². The summed E-state index contributed by atoms with van der Waals surface area (Å²) in [5, 5.41) is 0. The van der Waals surface area contributed by atoms with Gasteiger partial charge in [0.2, 0.25) is 0 Å². The minimum absolute atomic E-state index is 0.388. The van der Waals surface area contributed by atoms with Crippen molar-refractivity contribution < 1.29 is 9.59 Å². The Morgan fingerprint density at radius 2 is 1.81 bits per heavy atom. The van der Waals surface area contributed by atoms with Gasteiger partial charge in [0.15, 0.2) is 0 Å². The molecule has 0 aromatic carbocycles. The van der Waals surface area contributed by atoms with Gasteiger partial charge in [-0.1, -0.05) is 33.6 Å². The predicted molar refractivity (Wildman–Crippen MR) is 67.4 cm³/mol. The van der Waals surface area contributed by atoms with Crippen LogP contribution in [-0.2, 0) is 9.59 Å². The number of carbonyl (C=O) groups excluding carboxylic acids is 2. The predicted octanol–water partition coefficient (Wildman–Crippen LogP) is 3.78. The number of hydrogen-bond acceptors (Lipinski definition) is 2. The SMILES string of the molecule is CCCC(C)CC(=O)CCC(C)CCC=O. The van der Waals surface area contributed by atoms with Gasteiger partial charge in [0, 0.05) is 19.3 Å². The molecule has 0 aliphatic rings. The molecule has 0 aromatic rings. The van der Waals surface area contributed by atoms with E-state index < -0.39 is 0 Å². The molecule has 0 N–H and O–H groups in total. The molecule has 2 heteroatoms. The van der Waals surface area contributed by atoms with Crippen molar-refractivity contribution in [1.29, 1.82) is 0 Å². The lowest BCUT2D eigenvalue weighted by Crippen LogP contribution is -2.07. The molecule has 0 spiro atoms. The van der Waals surface area contributed by atoms with Crippen LogP contribution in [0.25, 0.3) is 0 Å². The lowest BCUT2D eigenvalue weighted by Gasteiger charge is -2.11. The van der Waals surface area contributed by atoms with E-state index in [0.717, 1.165) is 38.4 Å². The highest BCUT2D eigenvalue weighted by Crippen LogP contribution is 2.16. The number of ketones is 1. The van der Waals surface area contributed by atoms with Crippen LogP contribution in [0, 0.1) is 11.8 Å². The Bertz CT molecular complexity index is 199. The van der Waals surface area contributed by atoms with Gasteiger partial charge in [0.25, 0.3) is 0 Å². The zero-order valence-electron chi connectivity index (χ0n) is 11.0. The Labute approximate surface area is 99.8 Å². The summed E-state index contributed by atoms with van der Waals surface area (Å²) in [7, 11) is 0. The summed E-state index contributed by atoms with van der Waals surface area (Å²) < 4.78 is 0. The standard InChI is InChI=1S/C14H26O2/c1-4-6-13(3)11-14(16)9-8-12(2)7-5-10-15/h10,12-13H,4-9,11H2,1-3H3. The molecular weight excluding hydrogens is 200 g/mol. The van der Waals surface area contributed by atoms with Crippen LogP contribution in [-0.4, -0.2) is 12.1 Å². The Morgan fingerprint density at radius 3 is 2.38 bits per heavy atom. The second kappa shape index (κ2) is 9.56. The van der Waals surface area contributed by atoms with Gasteiger partial charge in [0.05, 0.1) is 0 Å². The van der Waals surface area contributed by atoms with Gasteiger partial charge in [-0.15, -0.1) is 0 Å². The van der Waals surface area contributed by atoms with Gasteiger partial charge in [-0.3, -0.25) is 4.79 Å². The quantitative estimate of drug-likeness (QED) is 0.531. The molecule has 0 aliphatic carbocycles. The molecule has 0 saturated heterocycles. The average molecular weight is 226 g/mol. The lowest BCUT2D eigenvalue weighted by atomic mass is 9.94. The van der Waals surface area contributed by atoms with Crippen molar-refractivity contribution in [2.75, 3.05) is 0 Å². The molecule has 0 saturated carbocycles. The molecule has 0 rings (SSSR count). The number of carbonyl (C=O) groups is 2. The third-order valence-electron chi connectivity index (χ3n) is 3.05. The molecule has 0 heterocycles. The second-order valence-electron chi connectivity index (χ2n) is 5.02. The van der Waals surface area contributed by atoms with E-state index in [1.807, 2.05) is 0 Å². The largest absolute Gasteiger partial charge is 0.303 e. The molecule has 16 heavy (non-hydrogen) atoms. The maximum absolute atomic E-state index is 11.6. The van der Waals surface area contributed by atoms with Crippen LogP contribution in [0.3, 0.4) is 0 Å². The molecule has 2 unspecified atom stereocenters. The maximum atomic E-state index is 11.6. The van der Waals surface area contributed by atoms with Gasteiger partial charge in [-0.25, -0.2) is 0 Å². The monoisotopic (exact) mass is 226 g/mol. The fourth-order valence-corrected chi connectivity index (χ4v) is 1.99. The number of Topliss-reactive ketones (excluding diaryl/α,β-unsaturated/α-hetero) is 1. The fraction of sp³-hybridized carbons (Fsp3) is 0.857. The molecule has 0 amide bonds. The first kappa shape index (κ1) is 15.3. The second-order valence-corrected chi connectivity index (χ2v) is 5.02. The Morgan fingerprint density at radius 1 is 1.12 bits per heavy atom. The number of rotatable bonds is 10. The summed E-state index contributed by atoms with van der Waals surface area (Å²) in [5.41, 5.74) is 0. The lowest BCUT2D eigenvalue weighted by molar-refractivity contribution is -0.120. The first-order valence-electron chi connectivity index (χ1n) is 6.55. The Balaban J connectivity index is 3.59. The zero-order chi connectivity index (χ0) is 12.4. The minimum atomic E-state index is 0.388. The first-order valence-corrected chi connectivity index (χ1v) is 6.55. The Kier molecular flexibility index (Phi) is 9.16. The highest BCUT2D eigenvalue weighted by molar-refractivity contribution is 5.78. The third-order valence-corrected chi connectivity index (χ3v) is 3.05. The van der Waals surface area contributed by atoms with Crippen molar-refractivity contribution in [3.8, 4) is 0 Å². The van der Waals surface area contributed by atoms with Gasteiger partial charge in [-0.2, -0.15) is 0 Å². The van der Waals surface area contributed by atoms with Crippen LogP contribution in [0.2, 0.25) is 0 Å². The van der Waals surface area contributed by atoms with Crippen LogP contribution in [0.15, 0.2) is 0 Å². The molecule has 0 radical (unpaired) electrons. The van der Waals surface area contributed by atoms with E-state index in [1.165, 1.54) is 0 Å². The summed E-state index contributed by atoms with van der Waals surface area (Å²) >= 11 is 0. The summed E-state index contributed by atoms with van der Waals surface area (Å²) in [6.45, 7) is 6.42. The number of aldehydes is 1. The average Bonchev–Trinajstić information content (AvgIpc) is 2.23. The van der Waals surface area contributed by atoms with E-state index in [1.54, 1.807) is 0 Å². The highest BCUT2D eigenvalue weighted by Gasteiger charge is 2.10. The molecule has 0 bridgehead atoms. The minimum Gasteiger partial charge on any atom is -0.303 e.